The molecule has 4 nitrogen and oxygen atoms in total. The highest BCUT2D eigenvalue weighted by molar-refractivity contribution is 7.15. The Labute approximate surface area is 172 Å². The molecule has 4 aliphatic rings. The average Bonchev–Trinajstić information content (AvgIpc) is 3.38. The first-order valence-electron chi connectivity index (χ1n) is 10.1. The SMILES string of the molecule is Cc1csc(-c2c(CC(=O)C3=C(C(=O)O)C4CCC3CC4)sc3c2CCC3)n1. The molecule has 2 aromatic heterocycles. The van der Waals surface area contributed by atoms with Crippen molar-refractivity contribution in [1.29, 1.82) is 0 Å². The van der Waals surface area contributed by atoms with E-state index in [1.165, 1.54) is 22.4 Å². The van der Waals surface area contributed by atoms with Crippen LogP contribution in [0, 0.1) is 18.8 Å². The molecule has 0 unspecified atom stereocenters. The van der Waals surface area contributed by atoms with Crippen LogP contribution in [0.5, 0.6) is 0 Å². The van der Waals surface area contributed by atoms with E-state index in [9.17, 15) is 14.7 Å². The first kappa shape index (κ1) is 18.3. The highest BCUT2D eigenvalue weighted by Gasteiger charge is 2.41. The van der Waals surface area contributed by atoms with E-state index < -0.39 is 5.97 Å². The molecule has 4 aliphatic carbocycles. The molecule has 0 aromatic carbocycles. The van der Waals surface area contributed by atoms with Crippen LogP contribution in [0.15, 0.2) is 16.5 Å². The Morgan fingerprint density at radius 1 is 1.14 bits per heavy atom. The lowest BCUT2D eigenvalue weighted by atomic mass is 9.65. The monoisotopic (exact) mass is 413 g/mol. The van der Waals surface area contributed by atoms with Crippen LogP contribution in [0.25, 0.3) is 10.6 Å². The van der Waals surface area contributed by atoms with Crippen molar-refractivity contribution >= 4 is 34.4 Å². The van der Waals surface area contributed by atoms with Crippen molar-refractivity contribution in [3.63, 3.8) is 0 Å². The summed E-state index contributed by atoms with van der Waals surface area (Å²) in [6.45, 7) is 2.00. The minimum Gasteiger partial charge on any atom is -0.478 e. The van der Waals surface area contributed by atoms with Gasteiger partial charge in [0.15, 0.2) is 5.78 Å². The van der Waals surface area contributed by atoms with Gasteiger partial charge in [0.1, 0.15) is 5.01 Å². The number of nitrogens with zero attached hydrogens (tertiary/aromatic N) is 1. The van der Waals surface area contributed by atoms with Crippen molar-refractivity contribution in [3.8, 4) is 10.6 Å². The zero-order valence-electron chi connectivity index (χ0n) is 15.9. The van der Waals surface area contributed by atoms with E-state index >= 15 is 0 Å². The number of allylic oxidation sites excluding steroid dienone is 1. The van der Waals surface area contributed by atoms with Crippen LogP contribution in [-0.2, 0) is 28.9 Å². The minimum absolute atomic E-state index is 0.0289. The van der Waals surface area contributed by atoms with Gasteiger partial charge in [-0.25, -0.2) is 9.78 Å². The lowest BCUT2D eigenvalue weighted by molar-refractivity contribution is -0.134. The summed E-state index contributed by atoms with van der Waals surface area (Å²) in [5, 5.41) is 12.8. The zero-order chi connectivity index (χ0) is 19.4. The Bertz CT molecular complexity index is 1010. The van der Waals surface area contributed by atoms with Crippen LogP contribution in [-0.4, -0.2) is 21.8 Å². The van der Waals surface area contributed by atoms with Crippen molar-refractivity contribution in [1.82, 2.24) is 4.98 Å². The number of thiophene rings is 1. The fraction of sp³-hybridized carbons (Fsp3) is 0.500. The lowest BCUT2D eigenvalue weighted by Gasteiger charge is -2.38. The molecular formula is C22H23NO3S2. The molecule has 0 aliphatic heterocycles. The number of hydrogen-bond donors (Lipinski definition) is 1. The molecule has 146 valence electrons. The Hall–Kier alpha value is -1.79. The van der Waals surface area contributed by atoms with Crippen molar-refractivity contribution in [3.05, 3.63) is 37.5 Å². The van der Waals surface area contributed by atoms with E-state index in [1.54, 1.807) is 22.7 Å². The maximum atomic E-state index is 13.4. The van der Waals surface area contributed by atoms with Gasteiger partial charge in [-0.3, -0.25) is 4.79 Å². The molecule has 6 heteroatoms. The number of fused-ring (bicyclic) bond motifs is 3. The minimum atomic E-state index is -0.887. The molecular weight excluding hydrogens is 390 g/mol. The number of carboxylic acid groups (broad SMARTS) is 1. The van der Waals surface area contributed by atoms with Crippen LogP contribution in [0.4, 0.5) is 0 Å². The number of carboxylic acids is 1. The van der Waals surface area contributed by atoms with Gasteiger partial charge >= 0.3 is 5.97 Å². The highest BCUT2D eigenvalue weighted by Crippen LogP contribution is 2.47. The van der Waals surface area contributed by atoms with Crippen molar-refractivity contribution < 1.29 is 14.7 Å². The van der Waals surface area contributed by atoms with Crippen molar-refractivity contribution in [2.75, 3.05) is 0 Å². The predicted molar refractivity (Wildman–Crippen MR) is 111 cm³/mol. The maximum absolute atomic E-state index is 13.4. The van der Waals surface area contributed by atoms with E-state index in [2.05, 4.69) is 5.38 Å². The summed E-state index contributed by atoms with van der Waals surface area (Å²) in [5.41, 5.74) is 4.60. The largest absolute Gasteiger partial charge is 0.478 e. The van der Waals surface area contributed by atoms with Gasteiger partial charge in [-0.05, 0) is 69.3 Å². The average molecular weight is 414 g/mol. The fourth-order valence-electron chi connectivity index (χ4n) is 5.32. The lowest BCUT2D eigenvalue weighted by Crippen LogP contribution is -2.34. The van der Waals surface area contributed by atoms with E-state index in [1.807, 2.05) is 6.92 Å². The summed E-state index contributed by atoms with van der Waals surface area (Å²) in [6, 6.07) is 0. The van der Waals surface area contributed by atoms with Crippen LogP contribution in [0.3, 0.4) is 0 Å². The quantitative estimate of drug-likeness (QED) is 0.750. The normalized spacial score (nSPS) is 23.3. The molecule has 0 amide bonds. The Morgan fingerprint density at radius 3 is 2.50 bits per heavy atom. The molecule has 0 spiro atoms. The van der Waals surface area contributed by atoms with Gasteiger partial charge in [-0.15, -0.1) is 22.7 Å². The second-order valence-corrected chi connectivity index (χ2v) is 10.3. The molecule has 6 rings (SSSR count). The number of ketones is 1. The van der Waals surface area contributed by atoms with Crippen LogP contribution in [0.1, 0.15) is 53.1 Å². The van der Waals surface area contributed by atoms with Gasteiger partial charge in [-0.1, -0.05) is 0 Å². The Morgan fingerprint density at radius 2 is 1.86 bits per heavy atom. The Kier molecular flexibility index (Phi) is 4.51. The highest BCUT2D eigenvalue weighted by atomic mass is 32.1. The van der Waals surface area contributed by atoms with E-state index in [-0.39, 0.29) is 17.6 Å². The number of aryl methyl sites for hydroxylation is 2. The summed E-state index contributed by atoms with van der Waals surface area (Å²) in [6.07, 6.45) is 7.39. The van der Waals surface area contributed by atoms with E-state index in [0.29, 0.717) is 17.6 Å². The standard InChI is InChI=1S/C22H23NO3S2/c1-11-10-27-21(23-11)20-14-3-2-4-16(14)28-17(20)9-15(24)18-12-5-7-13(8-6-12)19(18)22(25)26/h10,12-13H,2-9H2,1H3,(H,25,26). The second kappa shape index (κ2) is 6.92. The second-order valence-electron chi connectivity index (χ2n) is 8.23. The summed E-state index contributed by atoms with van der Waals surface area (Å²) >= 11 is 3.40. The molecule has 1 fully saturated rings. The Balaban J connectivity index is 1.54. The number of aliphatic carboxylic acids is 1. The fourth-order valence-corrected chi connectivity index (χ4v) is 7.68. The third-order valence-electron chi connectivity index (χ3n) is 6.51. The number of aromatic nitrogens is 1. The van der Waals surface area contributed by atoms with Gasteiger partial charge in [-0.2, -0.15) is 0 Å². The van der Waals surface area contributed by atoms with E-state index in [4.69, 9.17) is 4.98 Å². The summed E-state index contributed by atoms with van der Waals surface area (Å²) in [5.74, 6) is -0.653. The summed E-state index contributed by atoms with van der Waals surface area (Å²) in [7, 11) is 0. The zero-order valence-corrected chi connectivity index (χ0v) is 17.5. The maximum Gasteiger partial charge on any atom is 0.332 e. The van der Waals surface area contributed by atoms with Crippen LogP contribution >= 0.6 is 22.7 Å². The summed E-state index contributed by atoms with van der Waals surface area (Å²) in [4.78, 5) is 32.4. The molecule has 28 heavy (non-hydrogen) atoms. The van der Waals surface area contributed by atoms with Crippen molar-refractivity contribution in [2.24, 2.45) is 11.8 Å². The third-order valence-corrected chi connectivity index (χ3v) is 8.78. The molecule has 2 heterocycles. The first-order chi connectivity index (χ1) is 13.5. The molecule has 1 N–H and O–H groups in total. The predicted octanol–water partition coefficient (Wildman–Crippen LogP) is 4.98. The number of carbonyl (C=O) groups excluding carboxylic acids is 1. The van der Waals surface area contributed by atoms with Crippen molar-refractivity contribution in [2.45, 2.75) is 58.3 Å². The molecule has 0 radical (unpaired) electrons. The number of Topliss-reactive ketones (excluding diaryl/α,β-unsaturated/α-hetero) is 1. The number of carbonyl (C=O) groups is 2. The number of hydrogen-bond acceptors (Lipinski definition) is 5. The van der Waals surface area contributed by atoms with Gasteiger partial charge in [0.2, 0.25) is 0 Å². The molecule has 0 atom stereocenters. The van der Waals surface area contributed by atoms with Crippen LogP contribution < -0.4 is 0 Å². The van der Waals surface area contributed by atoms with Gasteiger partial charge in [0.05, 0.1) is 0 Å². The third kappa shape index (κ3) is 2.89. The topological polar surface area (TPSA) is 67.3 Å². The summed E-state index contributed by atoms with van der Waals surface area (Å²) < 4.78 is 0. The number of thiazole rings is 1. The molecule has 0 saturated heterocycles. The van der Waals surface area contributed by atoms with Gasteiger partial charge < -0.3 is 5.11 Å². The smallest absolute Gasteiger partial charge is 0.332 e. The molecule has 1 saturated carbocycles. The first-order valence-corrected chi connectivity index (χ1v) is 11.8. The number of rotatable bonds is 5. The van der Waals surface area contributed by atoms with E-state index in [0.717, 1.165) is 54.1 Å². The molecule has 2 bridgehead atoms. The van der Waals surface area contributed by atoms with Crippen LogP contribution in [0.2, 0.25) is 0 Å². The van der Waals surface area contributed by atoms with Gasteiger partial charge in [0.25, 0.3) is 0 Å². The van der Waals surface area contributed by atoms with Gasteiger partial charge in [0, 0.05) is 44.0 Å². The molecule has 2 aromatic rings.